The molecule has 0 aromatic heterocycles. The number of carbonyl (C=O) groups is 2. The minimum absolute atomic E-state index is 0. The predicted molar refractivity (Wildman–Crippen MR) is 178 cm³/mol. The van der Waals surface area contributed by atoms with Gasteiger partial charge in [-0.2, -0.15) is 0 Å². The summed E-state index contributed by atoms with van der Waals surface area (Å²) in [6.45, 7) is -7.72. The molecule has 0 bridgehead atoms. The third-order valence-corrected chi connectivity index (χ3v) is 10.6. The molecule has 8 atom stereocenters. The Bertz CT molecular complexity index is 2790. The largest absolute Gasteiger partial charge is 1.00 e. The Balaban J connectivity index is -0.000000514. The maximum absolute atomic E-state index is 13.1. The van der Waals surface area contributed by atoms with Gasteiger partial charge in [-0.1, -0.05) is 0 Å². The monoisotopic (exact) mass is 1450 g/mol. The number of hydrogen-bond acceptors (Lipinski definition) is 42. The first-order valence-electron chi connectivity index (χ1n) is 15.1. The van der Waals surface area contributed by atoms with Crippen molar-refractivity contribution in [3.8, 4) is 0 Å². The average molecular weight is 1450 g/mol. The molecule has 2 N–H and O–H groups in total. The number of rotatable bonds is 34. The maximum Gasteiger partial charge on any atom is 1.00 e. The van der Waals surface area contributed by atoms with Gasteiger partial charge in [-0.25, -0.2) is 84.2 Å². The summed E-state index contributed by atoms with van der Waals surface area (Å²) >= 11 is 0. The molecule has 0 aromatic carbocycles. The van der Waals surface area contributed by atoms with Crippen molar-refractivity contribution in [3.05, 3.63) is 0 Å². The zero-order valence-corrected chi connectivity index (χ0v) is 69.5. The second-order valence-electron chi connectivity index (χ2n) is 11.1. The smallest absolute Gasteiger partial charge is 0.726 e. The zero-order valence-electron chi connectivity index (χ0n) is 41.4. The molecular weight excluding hydrogens is 1430 g/mol. The normalized spacial score (nSPS) is 15.4. The Hall–Kier alpha value is 7.64. The molecule has 0 aromatic rings. The topological polar surface area (TPSA) is 723 Å². The molecule has 0 spiro atoms. The van der Waals surface area contributed by atoms with Crippen molar-refractivity contribution in [2.24, 2.45) is 0 Å². The molecule has 64 heteroatoms. The van der Waals surface area contributed by atoms with Crippen LogP contribution in [0.3, 0.4) is 0 Å². The Kier molecular flexibility index (Phi) is 65.6. The van der Waals surface area contributed by atoms with E-state index in [2.05, 4.69) is 41.8 Å². The van der Waals surface area contributed by atoms with Crippen LogP contribution in [0.2, 0.25) is 0 Å². The fraction of sp³-hybridized carbons (Fsp3) is 0.867. The van der Waals surface area contributed by atoms with Gasteiger partial charge in [-0.15, -0.1) is 0 Å². The second kappa shape index (κ2) is 46.7. The quantitative estimate of drug-likeness (QED) is 0.0261. The second-order valence-corrected chi connectivity index (χ2v) is 21.3. The van der Waals surface area contributed by atoms with E-state index in [1.807, 2.05) is 0 Å². The summed E-state index contributed by atoms with van der Waals surface area (Å²) in [5, 5.41) is 2.65. The minimum atomic E-state index is -6.74. The number of carbonyl (C=O) groups excluding carboxylic acids is 2. The van der Waals surface area contributed by atoms with E-state index in [0.29, 0.717) is 0 Å². The van der Waals surface area contributed by atoms with E-state index < -0.39 is 197 Å². The predicted octanol–water partition coefficient (Wildman–Crippen LogP) is -42.6. The minimum Gasteiger partial charge on any atom is -0.726 e. The summed E-state index contributed by atoms with van der Waals surface area (Å²) < 4.78 is 377. The molecular formula is C15H20N2Na10O42S10. The average Bonchev–Trinajstić information content (AvgIpc) is 3.05. The van der Waals surface area contributed by atoms with Crippen LogP contribution in [0.15, 0.2) is 0 Å². The van der Waals surface area contributed by atoms with Crippen molar-refractivity contribution in [1.82, 2.24) is 10.6 Å². The van der Waals surface area contributed by atoms with Crippen LogP contribution in [0.1, 0.15) is 6.42 Å². The van der Waals surface area contributed by atoms with E-state index in [9.17, 15) is 139 Å². The van der Waals surface area contributed by atoms with Crippen LogP contribution in [0.5, 0.6) is 0 Å². The summed E-state index contributed by atoms with van der Waals surface area (Å²) in [4.78, 5) is 26.1. The van der Waals surface area contributed by atoms with Gasteiger partial charge in [-0.3, -0.25) is 51.4 Å². The summed E-state index contributed by atoms with van der Waals surface area (Å²) in [5.74, 6) is -5.05. The molecule has 0 aliphatic rings. The van der Waals surface area contributed by atoms with Crippen molar-refractivity contribution in [2.75, 3.05) is 26.3 Å². The summed E-state index contributed by atoms with van der Waals surface area (Å²) in [5.41, 5.74) is 0. The molecule has 0 aliphatic carbocycles. The molecule has 0 radical (unpaired) electrons. The SMILES string of the molecule is O=C(NCCCNC(=O)[C@H](OS(=O)(=O)[O-])[C@@H](OS(=O)(=O)[O-])[C@H](OS(=O)(=O)[O-])[C@@H](COS(=O)(=O)[O-])OS(=O)(=O)[O-])[C@H](OS(=O)(=O)[O-])[C@@H](OS(=O)(=O)[O-])[C@H](OS(=O)(=O)[O-])[C@@H](COS(=O)(=O)[O-])OS(=O)(=O)[O-].[Na+].[Na+].[Na+].[Na+].[Na+].[Na+].[Na+].[Na+].[Na+].[Na+]. The summed E-state index contributed by atoms with van der Waals surface area (Å²) in [6.07, 6.45) is -32.4. The van der Waals surface area contributed by atoms with E-state index in [0.717, 1.165) is 0 Å². The molecule has 0 heterocycles. The van der Waals surface area contributed by atoms with Crippen LogP contribution >= 0.6 is 0 Å². The molecule has 0 unspecified atom stereocenters. The third-order valence-electron chi connectivity index (χ3n) is 6.04. The molecule has 0 saturated carbocycles. The Morgan fingerprint density at radius 3 is 0.658 bits per heavy atom. The van der Waals surface area contributed by atoms with E-state index in [-0.39, 0.29) is 296 Å². The fourth-order valence-corrected chi connectivity index (χ4v) is 8.59. The first kappa shape index (κ1) is 111. The Morgan fingerprint density at radius 2 is 0.481 bits per heavy atom. The zero-order chi connectivity index (χ0) is 54.8. The van der Waals surface area contributed by atoms with Gasteiger partial charge in [0.15, 0.2) is 12.2 Å². The van der Waals surface area contributed by atoms with Gasteiger partial charge in [0.25, 0.3) is 11.8 Å². The van der Waals surface area contributed by atoms with E-state index >= 15 is 0 Å². The molecule has 412 valence electrons. The first-order valence-corrected chi connectivity index (χ1v) is 28.5. The van der Waals surface area contributed by atoms with E-state index in [1.165, 1.54) is 10.6 Å². The molecule has 2 amide bonds. The van der Waals surface area contributed by atoms with Gasteiger partial charge in [0.2, 0.25) is 104 Å². The van der Waals surface area contributed by atoms with Crippen molar-refractivity contribution in [3.63, 3.8) is 0 Å². The van der Waals surface area contributed by atoms with Crippen molar-refractivity contribution < 1.29 is 477 Å². The first-order chi connectivity index (χ1) is 30.3. The molecule has 0 fully saturated rings. The van der Waals surface area contributed by atoms with Crippen molar-refractivity contribution >= 4 is 116 Å². The molecule has 44 nitrogen and oxygen atoms in total. The van der Waals surface area contributed by atoms with Gasteiger partial charge in [0.05, 0.1) is 13.2 Å². The Morgan fingerprint density at radius 1 is 0.291 bits per heavy atom. The van der Waals surface area contributed by atoms with Crippen LogP contribution < -0.4 is 306 Å². The number of hydrogen-bond donors (Lipinski definition) is 2. The summed E-state index contributed by atoms with van der Waals surface area (Å²) in [7, 11) is -65.6. The van der Waals surface area contributed by atoms with Crippen LogP contribution in [-0.2, 0) is 155 Å². The van der Waals surface area contributed by atoms with Gasteiger partial charge < -0.3 is 56.2 Å². The molecule has 79 heavy (non-hydrogen) atoms. The van der Waals surface area contributed by atoms with Gasteiger partial charge in [0.1, 0.15) is 36.6 Å². The number of amides is 2. The van der Waals surface area contributed by atoms with Crippen LogP contribution in [0, 0.1) is 0 Å². The standard InChI is InChI=1S/C15H30N2O42S10.10Na/c18-14(12(58-68(44,45)46)10(56-66(38,39)40)8(54-64(32,33)34)6(52-62(26,27)28)4-50-60(20,21)22)16-2-1-3-17-15(19)13(59-69(47,48)49)11(57-67(41,42)43)9(55-65(35,36)37)7(53-63(29,30)31)5-51-61(23,24)25;;;;;;;;;;/h6-13H,1-5H2,(H,16,18)(H,17,19)(H,20,21,22)(H,23,24,25)(H,26,27,28)(H,29,30,31)(H,32,33,34)(H,35,36,37)(H,38,39,40)(H,41,42,43)(H,44,45,46)(H,47,48,49);;;;;;;;;;/q;10*+1/p-10/t6-,7-,8-,9-,10+,11+,12-,13-;;;;;;;;;;/m1........../s1. The number of nitrogens with one attached hydrogen (secondary N) is 2. The van der Waals surface area contributed by atoms with E-state index in [4.69, 9.17) is 0 Å². The fourth-order valence-electron chi connectivity index (χ4n) is 4.18. The van der Waals surface area contributed by atoms with Gasteiger partial charge in [-0.05, 0) is 6.42 Å². The van der Waals surface area contributed by atoms with Crippen molar-refractivity contribution in [2.45, 2.75) is 55.3 Å². The van der Waals surface area contributed by atoms with E-state index in [1.54, 1.807) is 0 Å². The van der Waals surface area contributed by atoms with Crippen LogP contribution in [0.25, 0.3) is 0 Å². The Labute approximate surface area is 671 Å². The van der Waals surface area contributed by atoms with Crippen LogP contribution in [-0.4, -0.2) is 217 Å². The van der Waals surface area contributed by atoms with Crippen molar-refractivity contribution in [1.29, 1.82) is 0 Å². The molecule has 0 aliphatic heterocycles. The van der Waals surface area contributed by atoms with Gasteiger partial charge in [0, 0.05) is 13.1 Å². The third kappa shape index (κ3) is 60.3. The van der Waals surface area contributed by atoms with Crippen LogP contribution in [0.4, 0.5) is 0 Å². The van der Waals surface area contributed by atoms with Gasteiger partial charge >= 0.3 is 296 Å². The summed E-state index contributed by atoms with van der Waals surface area (Å²) in [6, 6.07) is 0. The molecule has 0 rings (SSSR count). The molecule has 0 saturated heterocycles. The maximum atomic E-state index is 13.1.